The second kappa shape index (κ2) is 5.83. The van der Waals surface area contributed by atoms with E-state index >= 15 is 0 Å². The second-order valence-corrected chi connectivity index (χ2v) is 5.89. The van der Waals surface area contributed by atoms with Crippen molar-refractivity contribution in [2.24, 2.45) is 11.8 Å². The Morgan fingerprint density at radius 2 is 2.05 bits per heavy atom. The Morgan fingerprint density at radius 1 is 1.32 bits per heavy atom. The first-order valence-electron chi connectivity index (χ1n) is 7.14. The lowest BCUT2D eigenvalue weighted by molar-refractivity contribution is 0.241. The van der Waals surface area contributed by atoms with Crippen molar-refractivity contribution >= 4 is 0 Å². The number of methoxy groups -OCH3 is 1. The molecule has 0 aliphatic carbocycles. The number of rotatable bonds is 4. The molecule has 106 valence electrons. The highest BCUT2D eigenvalue weighted by molar-refractivity contribution is 5.42. The number of benzene rings is 1. The third kappa shape index (κ3) is 3.03. The minimum atomic E-state index is 0.208. The van der Waals surface area contributed by atoms with E-state index in [0.717, 1.165) is 18.4 Å². The summed E-state index contributed by atoms with van der Waals surface area (Å²) >= 11 is 0. The van der Waals surface area contributed by atoms with Crippen LogP contribution < -0.4 is 4.74 Å². The molecule has 0 bridgehead atoms. The maximum absolute atomic E-state index is 9.66. The number of nitrogens with zero attached hydrogens (tertiary/aromatic N) is 1. The Kier molecular flexibility index (Phi) is 4.35. The molecule has 1 aliphatic heterocycles. The van der Waals surface area contributed by atoms with Crippen molar-refractivity contribution in [3.63, 3.8) is 0 Å². The number of hydrogen-bond donors (Lipinski definition) is 1. The van der Waals surface area contributed by atoms with Gasteiger partial charge in [0.15, 0.2) is 11.5 Å². The van der Waals surface area contributed by atoms with Crippen LogP contribution in [-0.2, 0) is 0 Å². The first-order chi connectivity index (χ1) is 9.02. The van der Waals surface area contributed by atoms with E-state index in [1.165, 1.54) is 18.5 Å². The number of ether oxygens (including phenoxy) is 1. The van der Waals surface area contributed by atoms with Crippen LogP contribution in [0.2, 0.25) is 0 Å². The second-order valence-electron chi connectivity index (χ2n) is 5.89. The molecule has 0 amide bonds. The average molecular weight is 263 g/mol. The summed E-state index contributed by atoms with van der Waals surface area (Å²) in [5.74, 6) is 2.33. The van der Waals surface area contributed by atoms with Crippen molar-refractivity contribution in [2.75, 3.05) is 20.2 Å². The van der Waals surface area contributed by atoms with Crippen LogP contribution in [0, 0.1) is 11.8 Å². The summed E-state index contributed by atoms with van der Waals surface area (Å²) in [6.07, 6.45) is 1.29. The molecule has 1 aromatic carbocycles. The lowest BCUT2D eigenvalue weighted by Crippen LogP contribution is -2.25. The maximum Gasteiger partial charge on any atom is 0.160 e. The van der Waals surface area contributed by atoms with Crippen LogP contribution in [0.3, 0.4) is 0 Å². The molecule has 1 aromatic rings. The number of hydrogen-bond acceptors (Lipinski definition) is 3. The molecular weight excluding hydrogens is 238 g/mol. The van der Waals surface area contributed by atoms with Crippen molar-refractivity contribution in [3.05, 3.63) is 23.8 Å². The van der Waals surface area contributed by atoms with E-state index in [9.17, 15) is 5.11 Å². The average Bonchev–Trinajstić information content (AvgIpc) is 2.88. The maximum atomic E-state index is 9.66. The molecule has 0 spiro atoms. The normalized spacial score (nSPS) is 21.8. The van der Waals surface area contributed by atoms with Crippen LogP contribution in [0.5, 0.6) is 11.5 Å². The summed E-state index contributed by atoms with van der Waals surface area (Å²) in [7, 11) is 1.59. The number of likely N-dealkylation sites (tertiary alicyclic amines) is 1. The Labute approximate surface area is 116 Å². The number of aromatic hydroxyl groups is 1. The minimum Gasteiger partial charge on any atom is -0.504 e. The van der Waals surface area contributed by atoms with E-state index in [0.29, 0.717) is 11.8 Å². The topological polar surface area (TPSA) is 32.7 Å². The molecule has 3 heteroatoms. The van der Waals surface area contributed by atoms with Crippen LogP contribution in [0.1, 0.15) is 38.8 Å². The van der Waals surface area contributed by atoms with Gasteiger partial charge in [-0.2, -0.15) is 0 Å². The lowest BCUT2D eigenvalue weighted by Gasteiger charge is -2.25. The zero-order valence-electron chi connectivity index (χ0n) is 12.4. The number of phenols is 1. The molecule has 2 rings (SSSR count). The molecule has 1 fully saturated rings. The highest BCUT2D eigenvalue weighted by Crippen LogP contribution is 2.34. The third-order valence-corrected chi connectivity index (χ3v) is 4.43. The van der Waals surface area contributed by atoms with Crippen molar-refractivity contribution in [2.45, 2.75) is 33.2 Å². The van der Waals surface area contributed by atoms with Crippen LogP contribution in [0.15, 0.2) is 18.2 Å². The largest absolute Gasteiger partial charge is 0.504 e. The van der Waals surface area contributed by atoms with Crippen LogP contribution in [-0.4, -0.2) is 30.2 Å². The van der Waals surface area contributed by atoms with Gasteiger partial charge in [-0.15, -0.1) is 0 Å². The van der Waals surface area contributed by atoms with E-state index in [1.54, 1.807) is 13.2 Å². The molecule has 1 saturated heterocycles. The van der Waals surface area contributed by atoms with Gasteiger partial charge in [0.05, 0.1) is 7.11 Å². The minimum absolute atomic E-state index is 0.208. The van der Waals surface area contributed by atoms with Gasteiger partial charge in [0.2, 0.25) is 0 Å². The fraction of sp³-hybridized carbons (Fsp3) is 0.625. The van der Waals surface area contributed by atoms with Crippen molar-refractivity contribution < 1.29 is 9.84 Å². The molecule has 2 unspecified atom stereocenters. The third-order valence-electron chi connectivity index (χ3n) is 4.43. The van der Waals surface area contributed by atoms with Gasteiger partial charge in [-0.1, -0.05) is 19.9 Å². The van der Waals surface area contributed by atoms with Gasteiger partial charge in [-0.25, -0.2) is 0 Å². The zero-order valence-corrected chi connectivity index (χ0v) is 12.4. The predicted molar refractivity (Wildman–Crippen MR) is 77.6 cm³/mol. The highest BCUT2D eigenvalue weighted by Gasteiger charge is 2.28. The Morgan fingerprint density at radius 3 is 2.63 bits per heavy atom. The molecule has 1 N–H and O–H groups in total. The van der Waals surface area contributed by atoms with Gasteiger partial charge in [-0.3, -0.25) is 4.90 Å². The van der Waals surface area contributed by atoms with Crippen LogP contribution >= 0.6 is 0 Å². The Bertz CT molecular complexity index is 431. The fourth-order valence-corrected chi connectivity index (χ4v) is 2.88. The number of phenolic OH excluding ortho intramolecular Hbond substituents is 1. The SMILES string of the molecule is COc1cc(C(C)N2CCC(C(C)C)C2)ccc1O. The monoisotopic (exact) mass is 263 g/mol. The molecule has 2 atom stereocenters. The molecule has 19 heavy (non-hydrogen) atoms. The first kappa shape index (κ1) is 14.2. The summed E-state index contributed by atoms with van der Waals surface area (Å²) in [5, 5.41) is 9.66. The van der Waals surface area contributed by atoms with E-state index in [4.69, 9.17) is 4.74 Å². The Balaban J connectivity index is 2.10. The molecule has 0 saturated carbocycles. The van der Waals surface area contributed by atoms with Crippen molar-refractivity contribution in [1.82, 2.24) is 4.90 Å². The standard InChI is InChI=1S/C16H25NO2/c1-11(2)14-7-8-17(10-14)12(3)13-5-6-15(18)16(9-13)19-4/h5-6,9,11-12,14,18H,7-8,10H2,1-4H3. The van der Waals surface area contributed by atoms with Crippen LogP contribution in [0.4, 0.5) is 0 Å². The smallest absolute Gasteiger partial charge is 0.160 e. The van der Waals surface area contributed by atoms with E-state index in [2.05, 4.69) is 25.7 Å². The van der Waals surface area contributed by atoms with Gasteiger partial charge in [0.25, 0.3) is 0 Å². The van der Waals surface area contributed by atoms with Crippen molar-refractivity contribution in [1.29, 1.82) is 0 Å². The van der Waals surface area contributed by atoms with Gasteiger partial charge < -0.3 is 9.84 Å². The summed E-state index contributed by atoms with van der Waals surface area (Å²) in [5.41, 5.74) is 1.21. The summed E-state index contributed by atoms with van der Waals surface area (Å²) < 4.78 is 5.19. The fourth-order valence-electron chi connectivity index (χ4n) is 2.88. The van der Waals surface area contributed by atoms with E-state index in [-0.39, 0.29) is 5.75 Å². The quantitative estimate of drug-likeness (QED) is 0.903. The summed E-state index contributed by atoms with van der Waals surface area (Å²) in [6.45, 7) is 9.18. The molecule has 0 radical (unpaired) electrons. The first-order valence-corrected chi connectivity index (χ1v) is 7.14. The summed E-state index contributed by atoms with van der Waals surface area (Å²) in [6, 6.07) is 6.03. The molecule has 3 nitrogen and oxygen atoms in total. The Hall–Kier alpha value is -1.22. The highest BCUT2D eigenvalue weighted by atomic mass is 16.5. The van der Waals surface area contributed by atoms with Gasteiger partial charge in [0, 0.05) is 12.6 Å². The van der Waals surface area contributed by atoms with Gasteiger partial charge in [-0.05, 0) is 49.4 Å². The summed E-state index contributed by atoms with van der Waals surface area (Å²) in [4.78, 5) is 2.52. The van der Waals surface area contributed by atoms with Crippen molar-refractivity contribution in [3.8, 4) is 11.5 Å². The lowest BCUT2D eigenvalue weighted by atomic mass is 9.95. The van der Waals surface area contributed by atoms with E-state index < -0.39 is 0 Å². The molecule has 0 aromatic heterocycles. The molecule has 1 heterocycles. The predicted octanol–water partition coefficient (Wildman–Crippen LogP) is 3.44. The van der Waals surface area contributed by atoms with E-state index in [1.807, 2.05) is 12.1 Å². The van der Waals surface area contributed by atoms with Crippen LogP contribution in [0.25, 0.3) is 0 Å². The molecule has 1 aliphatic rings. The van der Waals surface area contributed by atoms with Gasteiger partial charge >= 0.3 is 0 Å². The molecular formula is C16H25NO2. The van der Waals surface area contributed by atoms with Gasteiger partial charge in [0.1, 0.15) is 0 Å². The zero-order chi connectivity index (χ0) is 14.0.